The van der Waals surface area contributed by atoms with E-state index < -0.39 is 29.5 Å². The van der Waals surface area contributed by atoms with E-state index in [9.17, 15) is 19.7 Å². The number of nitro benzene ring substituents is 1. The lowest BCUT2D eigenvalue weighted by Gasteiger charge is -2.35. The Hall–Kier alpha value is -4.56. The molecule has 12 nitrogen and oxygen atoms in total. The van der Waals surface area contributed by atoms with Crippen molar-refractivity contribution in [1.82, 2.24) is 15.8 Å². The number of rotatable bonds is 17. The normalized spacial score (nSPS) is 17.9. The number of ether oxygens (including phenoxy) is 2. The van der Waals surface area contributed by atoms with Crippen molar-refractivity contribution in [3.8, 4) is 11.3 Å². The molecule has 13 heteroatoms. The van der Waals surface area contributed by atoms with Crippen molar-refractivity contribution in [3.05, 3.63) is 107 Å². The SMILES string of the molecule is C=C/C=C(\C=C)c1nc(SCC2CC(c3ccc([N+](=O)[O-])cc3)OC(NC(=O)CCCCCCC(=O)NO)O2)oc1-c1ccccc1. The smallest absolute Gasteiger partial charge is 0.269 e. The molecule has 3 atom stereocenters. The maximum atomic E-state index is 12.8. The van der Waals surface area contributed by atoms with Crippen LogP contribution in [0.3, 0.4) is 0 Å². The molecule has 2 aromatic carbocycles. The average Bonchev–Trinajstić information content (AvgIpc) is 3.52. The molecule has 0 bridgehead atoms. The quantitative estimate of drug-likeness (QED) is 0.0346. The van der Waals surface area contributed by atoms with Gasteiger partial charge in [0.2, 0.25) is 18.2 Å². The molecule has 47 heavy (non-hydrogen) atoms. The van der Waals surface area contributed by atoms with Gasteiger partial charge in [0.25, 0.3) is 10.9 Å². The molecule has 0 saturated carbocycles. The number of hydrogen-bond donors (Lipinski definition) is 3. The van der Waals surface area contributed by atoms with Crippen molar-refractivity contribution in [3.63, 3.8) is 0 Å². The Kier molecular flexibility index (Phi) is 13.5. The van der Waals surface area contributed by atoms with Gasteiger partial charge >= 0.3 is 0 Å². The van der Waals surface area contributed by atoms with Gasteiger partial charge in [-0.2, -0.15) is 0 Å². The average molecular weight is 663 g/mol. The van der Waals surface area contributed by atoms with Crippen LogP contribution in [0.25, 0.3) is 16.9 Å². The van der Waals surface area contributed by atoms with Crippen molar-refractivity contribution in [2.45, 2.75) is 68.8 Å². The van der Waals surface area contributed by atoms with Crippen molar-refractivity contribution >= 4 is 34.8 Å². The zero-order chi connectivity index (χ0) is 33.6. The number of oxazole rings is 1. The Bertz CT molecular complexity index is 1560. The first-order chi connectivity index (χ1) is 22.8. The Labute approximate surface area is 277 Å². The summed E-state index contributed by atoms with van der Waals surface area (Å²) in [6.45, 7) is 7.70. The summed E-state index contributed by atoms with van der Waals surface area (Å²) in [5, 5.41) is 23.0. The van der Waals surface area contributed by atoms with E-state index >= 15 is 0 Å². The predicted molar refractivity (Wildman–Crippen MR) is 177 cm³/mol. The lowest BCUT2D eigenvalue weighted by molar-refractivity contribution is -0.384. The highest BCUT2D eigenvalue weighted by molar-refractivity contribution is 7.99. The number of thioether (sulfide) groups is 1. The fourth-order valence-corrected chi connectivity index (χ4v) is 5.81. The topological polar surface area (TPSA) is 166 Å². The molecule has 1 aliphatic heterocycles. The number of unbranched alkanes of at least 4 members (excludes halogenated alkanes) is 3. The maximum Gasteiger partial charge on any atom is 0.269 e. The van der Waals surface area contributed by atoms with Crippen LogP contribution in [0.15, 0.2) is 95.6 Å². The molecule has 0 aliphatic carbocycles. The van der Waals surface area contributed by atoms with Gasteiger partial charge < -0.3 is 19.2 Å². The van der Waals surface area contributed by atoms with Gasteiger partial charge in [0, 0.05) is 48.3 Å². The van der Waals surface area contributed by atoms with E-state index in [2.05, 4.69) is 18.5 Å². The van der Waals surface area contributed by atoms with Crippen LogP contribution >= 0.6 is 11.8 Å². The molecule has 3 aromatic rings. The molecule has 2 amide bonds. The maximum absolute atomic E-state index is 12.8. The molecular formula is C34H38N4O8S. The van der Waals surface area contributed by atoms with Crippen LogP contribution in [0.5, 0.6) is 0 Å². The molecular weight excluding hydrogens is 624 g/mol. The number of non-ortho nitro benzene ring substituents is 1. The summed E-state index contributed by atoms with van der Waals surface area (Å²) in [5.74, 6) is 0.327. The number of benzene rings is 2. The number of aromatic nitrogens is 1. The fourth-order valence-electron chi connectivity index (χ4n) is 4.97. The number of allylic oxidation sites excluding steroid dienone is 4. The highest BCUT2D eigenvalue weighted by Crippen LogP contribution is 2.37. The number of hydrogen-bond acceptors (Lipinski definition) is 10. The molecule has 4 rings (SSSR count). The fraction of sp³-hybridized carbons (Fsp3) is 0.324. The number of hydroxylamine groups is 1. The highest BCUT2D eigenvalue weighted by Gasteiger charge is 2.33. The van der Waals surface area contributed by atoms with Crippen LogP contribution in [0.2, 0.25) is 0 Å². The number of carbonyl (C=O) groups is 2. The van der Waals surface area contributed by atoms with Crippen LogP contribution in [0.4, 0.5) is 5.69 Å². The third-order valence-corrected chi connectivity index (χ3v) is 8.30. The zero-order valence-corrected chi connectivity index (χ0v) is 26.7. The Balaban J connectivity index is 1.45. The van der Waals surface area contributed by atoms with Crippen molar-refractivity contribution in [2.75, 3.05) is 5.75 Å². The predicted octanol–water partition coefficient (Wildman–Crippen LogP) is 6.89. The van der Waals surface area contributed by atoms with Gasteiger partial charge in [-0.15, -0.1) is 0 Å². The molecule has 3 N–H and O–H groups in total. The molecule has 1 fully saturated rings. The van der Waals surface area contributed by atoms with Crippen LogP contribution < -0.4 is 10.8 Å². The first-order valence-electron chi connectivity index (χ1n) is 15.2. The van der Waals surface area contributed by atoms with Gasteiger partial charge in [0.15, 0.2) is 5.76 Å². The van der Waals surface area contributed by atoms with E-state index in [0.717, 1.165) is 29.5 Å². The van der Waals surface area contributed by atoms with Gasteiger partial charge in [0.1, 0.15) is 5.69 Å². The van der Waals surface area contributed by atoms with Crippen LogP contribution in [0.1, 0.15) is 62.3 Å². The number of nitro groups is 1. The standard InChI is InChI=1S/C34H38N4O8S/c1-3-12-23(4-2)31-32(25-13-8-7-9-14-25)46-34(36-31)47-22-27-21-28(24-17-19-26(20-18-24)38(42)43)45-33(44-27)35-29(39)15-10-5-6-11-16-30(40)37-41/h3-4,7-9,12-14,17-20,27-28,33,41H,1-2,5-6,10-11,15-16,21-22H2,(H,35,39)(H,37,40)/b23-12+. The summed E-state index contributed by atoms with van der Waals surface area (Å²) < 4.78 is 18.5. The van der Waals surface area contributed by atoms with Crippen molar-refractivity contribution in [1.29, 1.82) is 0 Å². The van der Waals surface area contributed by atoms with Crippen LogP contribution in [-0.4, -0.2) is 45.2 Å². The largest absolute Gasteiger partial charge is 0.431 e. The molecule has 0 radical (unpaired) electrons. The summed E-state index contributed by atoms with van der Waals surface area (Å²) in [6, 6.07) is 15.8. The van der Waals surface area contributed by atoms with E-state index in [1.54, 1.807) is 29.8 Å². The molecule has 1 aliphatic rings. The van der Waals surface area contributed by atoms with Crippen molar-refractivity contribution < 1.29 is 33.6 Å². The van der Waals surface area contributed by atoms with E-state index in [0.29, 0.717) is 41.7 Å². The van der Waals surface area contributed by atoms with Gasteiger partial charge in [-0.3, -0.25) is 24.9 Å². The third kappa shape index (κ3) is 10.5. The minimum atomic E-state index is -1.04. The minimum absolute atomic E-state index is 0.0342. The second kappa shape index (κ2) is 18.0. The summed E-state index contributed by atoms with van der Waals surface area (Å²) >= 11 is 1.36. The van der Waals surface area contributed by atoms with Crippen LogP contribution in [-0.2, 0) is 19.1 Å². The van der Waals surface area contributed by atoms with E-state index in [-0.39, 0.29) is 24.4 Å². The second-order valence-corrected chi connectivity index (χ2v) is 11.7. The summed E-state index contributed by atoms with van der Waals surface area (Å²) in [6.07, 6.45) is 6.81. The zero-order valence-electron chi connectivity index (χ0n) is 25.8. The van der Waals surface area contributed by atoms with E-state index in [1.165, 1.54) is 23.9 Å². The summed E-state index contributed by atoms with van der Waals surface area (Å²) in [4.78, 5) is 39.4. The van der Waals surface area contributed by atoms with Gasteiger partial charge in [0.05, 0.1) is 17.1 Å². The van der Waals surface area contributed by atoms with E-state index in [1.807, 2.05) is 36.4 Å². The van der Waals surface area contributed by atoms with Crippen LogP contribution in [0, 0.1) is 10.1 Å². The van der Waals surface area contributed by atoms with Gasteiger partial charge in [-0.05, 0) is 30.5 Å². The number of nitrogens with zero attached hydrogens (tertiary/aromatic N) is 2. The highest BCUT2D eigenvalue weighted by atomic mass is 32.2. The molecule has 2 heterocycles. The first-order valence-corrected chi connectivity index (χ1v) is 16.2. The number of carbonyl (C=O) groups excluding carboxylic acids is 2. The summed E-state index contributed by atoms with van der Waals surface area (Å²) in [7, 11) is 0. The molecule has 248 valence electrons. The van der Waals surface area contributed by atoms with Gasteiger partial charge in [-0.25, -0.2) is 10.5 Å². The lowest BCUT2D eigenvalue weighted by Crippen LogP contribution is -2.46. The van der Waals surface area contributed by atoms with Crippen molar-refractivity contribution in [2.24, 2.45) is 0 Å². The molecule has 1 aromatic heterocycles. The molecule has 1 saturated heterocycles. The lowest BCUT2D eigenvalue weighted by atomic mass is 10.0. The first kappa shape index (κ1) is 35.3. The Morgan fingerprint density at radius 2 is 1.72 bits per heavy atom. The molecule has 3 unspecified atom stereocenters. The minimum Gasteiger partial charge on any atom is -0.431 e. The van der Waals surface area contributed by atoms with Gasteiger partial charge in [-0.1, -0.05) is 86.3 Å². The number of nitrogens with one attached hydrogen (secondary N) is 2. The Morgan fingerprint density at radius 1 is 1.02 bits per heavy atom. The van der Waals surface area contributed by atoms with E-state index in [4.69, 9.17) is 24.1 Å². The summed E-state index contributed by atoms with van der Waals surface area (Å²) in [5.41, 5.74) is 4.54. The second-order valence-electron chi connectivity index (χ2n) is 10.7. The number of amides is 2. The Morgan fingerprint density at radius 3 is 2.36 bits per heavy atom. The molecule has 0 spiro atoms. The monoisotopic (exact) mass is 662 g/mol. The third-order valence-electron chi connectivity index (χ3n) is 7.34.